The minimum Gasteiger partial charge on any atom is -0.207 e. The number of hydrogen-bond donors (Lipinski definition) is 0. The monoisotopic (exact) mass is 516 g/mol. The van der Waals surface area contributed by atoms with Gasteiger partial charge < -0.3 is 0 Å². The second kappa shape index (κ2) is 11.9. The second-order valence-corrected chi connectivity index (χ2v) is 17.4. The highest BCUT2D eigenvalue weighted by atomic mass is 32.2. The van der Waals surface area contributed by atoms with Crippen LogP contribution in [0.1, 0.15) is 48.8 Å². The molecule has 188 valence electrons. The highest BCUT2D eigenvalue weighted by Gasteiger charge is 2.32. The van der Waals surface area contributed by atoms with E-state index in [1.807, 2.05) is 31.2 Å². The van der Waals surface area contributed by atoms with Crippen molar-refractivity contribution in [1.29, 1.82) is 5.26 Å². The van der Waals surface area contributed by atoms with Gasteiger partial charge in [0.1, 0.15) is 8.07 Å². The Morgan fingerprint density at radius 1 is 0.944 bits per heavy atom. The maximum Gasteiger partial charge on any atom is 0.244 e. The van der Waals surface area contributed by atoms with Crippen molar-refractivity contribution in [3.63, 3.8) is 0 Å². The average molecular weight is 517 g/mol. The summed E-state index contributed by atoms with van der Waals surface area (Å²) in [6.07, 6.45) is 5.89. The van der Waals surface area contributed by atoms with Crippen molar-refractivity contribution in [2.75, 3.05) is 13.1 Å². The van der Waals surface area contributed by atoms with E-state index in [4.69, 9.17) is 0 Å². The Bertz CT molecular complexity index is 1320. The summed E-state index contributed by atoms with van der Waals surface area (Å²) >= 11 is 0. The van der Waals surface area contributed by atoms with E-state index in [-0.39, 0.29) is 23.4 Å². The van der Waals surface area contributed by atoms with Gasteiger partial charge in [0.2, 0.25) is 10.0 Å². The number of aryl methyl sites for hydroxylation is 1. The van der Waals surface area contributed by atoms with Crippen LogP contribution in [-0.4, -0.2) is 33.9 Å². The zero-order valence-corrected chi connectivity index (χ0v) is 23.7. The lowest BCUT2D eigenvalue weighted by Crippen LogP contribution is -2.32. The summed E-state index contributed by atoms with van der Waals surface area (Å²) in [5.41, 5.74) is 5.85. The summed E-state index contributed by atoms with van der Waals surface area (Å²) in [6.45, 7) is 8.49. The largest absolute Gasteiger partial charge is 0.244 e. The Labute approximate surface area is 218 Å². The van der Waals surface area contributed by atoms with Crippen LogP contribution in [-0.2, 0) is 16.4 Å². The molecule has 1 aliphatic carbocycles. The van der Waals surface area contributed by atoms with Crippen molar-refractivity contribution in [2.45, 2.75) is 70.0 Å². The molecule has 0 N–H and O–H groups in total. The van der Waals surface area contributed by atoms with Crippen LogP contribution in [0.25, 0.3) is 0 Å². The summed E-state index contributed by atoms with van der Waals surface area (Å²) in [4.78, 5) is 0.248. The molecule has 2 aromatic carbocycles. The van der Waals surface area contributed by atoms with E-state index in [0.717, 1.165) is 42.4 Å². The highest BCUT2D eigenvalue weighted by molar-refractivity contribution is 7.89. The molecule has 36 heavy (non-hydrogen) atoms. The predicted molar refractivity (Wildman–Crippen MR) is 149 cm³/mol. The number of sulfonamides is 1. The maximum absolute atomic E-state index is 13.4. The van der Waals surface area contributed by atoms with Gasteiger partial charge in [0, 0.05) is 5.56 Å². The van der Waals surface area contributed by atoms with E-state index in [1.165, 1.54) is 10.7 Å². The van der Waals surface area contributed by atoms with Crippen LogP contribution in [0.2, 0.25) is 19.6 Å². The van der Waals surface area contributed by atoms with Crippen LogP contribution >= 0.6 is 0 Å². The molecule has 0 aromatic heterocycles. The molecule has 0 aliphatic heterocycles. The number of nitrogens with zero attached hydrogens (tertiary/aromatic N) is 2. The molecule has 0 spiro atoms. The number of rotatable bonds is 6. The molecule has 0 radical (unpaired) electrons. The van der Waals surface area contributed by atoms with Gasteiger partial charge >= 0.3 is 0 Å². The SMILES string of the molecule is Cc1ccc(S(=O)(=O)N(CC#Cc2ccccc2CC2(C#N)CCCCC2)CC#C[Si](C)(C)C)cc1. The molecule has 0 saturated heterocycles. The molecule has 4 nitrogen and oxygen atoms in total. The van der Waals surface area contributed by atoms with Crippen molar-refractivity contribution in [1.82, 2.24) is 4.31 Å². The zero-order chi connectivity index (χ0) is 26.2. The third-order valence-electron chi connectivity index (χ3n) is 6.45. The van der Waals surface area contributed by atoms with E-state index in [1.54, 1.807) is 24.3 Å². The Kier molecular flexibility index (Phi) is 9.21. The first-order valence-electron chi connectivity index (χ1n) is 12.6. The summed E-state index contributed by atoms with van der Waals surface area (Å²) in [5.74, 6) is 9.41. The lowest BCUT2D eigenvalue weighted by atomic mass is 9.71. The van der Waals surface area contributed by atoms with Crippen molar-refractivity contribution in [2.24, 2.45) is 5.41 Å². The van der Waals surface area contributed by atoms with E-state index >= 15 is 0 Å². The standard InChI is InChI=1S/C30H36N2O2SSi/c1-26-15-17-29(18-16-26)35(33,34)32(22-11-23-36(2,3)4)21-10-14-27-12-6-7-13-28(27)24-30(25-31)19-8-5-9-20-30/h6-7,12-13,15-18H,5,8-9,19-22,24H2,1-4H3. The number of benzene rings is 2. The third kappa shape index (κ3) is 7.59. The van der Waals surface area contributed by atoms with Crippen molar-refractivity contribution >= 4 is 18.1 Å². The first-order valence-corrected chi connectivity index (χ1v) is 17.5. The predicted octanol–water partition coefficient (Wildman–Crippen LogP) is 5.93. The van der Waals surface area contributed by atoms with Crippen LogP contribution in [0.5, 0.6) is 0 Å². The van der Waals surface area contributed by atoms with Crippen molar-refractivity contribution in [3.8, 4) is 29.4 Å². The number of nitriles is 1. The van der Waals surface area contributed by atoms with Crippen LogP contribution in [0.4, 0.5) is 0 Å². The second-order valence-electron chi connectivity index (χ2n) is 10.7. The molecule has 6 heteroatoms. The highest BCUT2D eigenvalue weighted by Crippen LogP contribution is 2.39. The summed E-state index contributed by atoms with van der Waals surface area (Å²) < 4.78 is 28.2. The quantitative estimate of drug-likeness (QED) is 0.353. The van der Waals surface area contributed by atoms with Crippen LogP contribution in [0.15, 0.2) is 53.4 Å². The molecular formula is C30H36N2O2SSi. The van der Waals surface area contributed by atoms with Gasteiger partial charge in [-0.15, -0.1) is 5.54 Å². The van der Waals surface area contributed by atoms with E-state index in [0.29, 0.717) is 6.42 Å². The molecule has 1 fully saturated rings. The average Bonchev–Trinajstić information content (AvgIpc) is 2.84. The lowest BCUT2D eigenvalue weighted by Gasteiger charge is -2.31. The van der Waals surface area contributed by atoms with E-state index in [9.17, 15) is 13.7 Å². The fraction of sp³-hybridized carbons (Fsp3) is 0.433. The van der Waals surface area contributed by atoms with Crippen LogP contribution < -0.4 is 0 Å². The number of hydrogen-bond acceptors (Lipinski definition) is 3. The molecule has 1 saturated carbocycles. The zero-order valence-electron chi connectivity index (χ0n) is 21.9. The summed E-state index contributed by atoms with van der Waals surface area (Å²) in [6, 6.07) is 17.4. The first kappa shape index (κ1) is 27.8. The molecule has 0 amide bonds. The lowest BCUT2D eigenvalue weighted by molar-refractivity contribution is 0.266. The van der Waals surface area contributed by atoms with Gasteiger partial charge in [0.05, 0.1) is 29.5 Å². The molecule has 0 heterocycles. The van der Waals surface area contributed by atoms with Gasteiger partial charge in [0.25, 0.3) is 0 Å². The first-order chi connectivity index (χ1) is 17.0. The molecule has 2 aromatic rings. The summed E-state index contributed by atoms with van der Waals surface area (Å²) in [5, 5.41) is 9.93. The molecule has 1 aliphatic rings. The van der Waals surface area contributed by atoms with Gasteiger partial charge in [-0.1, -0.05) is 92.6 Å². The minimum atomic E-state index is -3.74. The van der Waals surface area contributed by atoms with Crippen molar-refractivity contribution < 1.29 is 8.42 Å². The van der Waals surface area contributed by atoms with Gasteiger partial charge in [-0.2, -0.15) is 9.57 Å². The molecule has 0 atom stereocenters. The van der Waals surface area contributed by atoms with Gasteiger partial charge in [-0.05, 0) is 49.9 Å². The summed E-state index contributed by atoms with van der Waals surface area (Å²) in [7, 11) is -5.37. The van der Waals surface area contributed by atoms with Gasteiger partial charge in [0.15, 0.2) is 0 Å². The minimum absolute atomic E-state index is 0.0499. The Morgan fingerprint density at radius 2 is 1.58 bits per heavy atom. The van der Waals surface area contributed by atoms with Crippen molar-refractivity contribution in [3.05, 3.63) is 65.2 Å². The fourth-order valence-corrected chi connectivity index (χ4v) is 6.28. The van der Waals surface area contributed by atoms with E-state index in [2.05, 4.69) is 49.0 Å². The molecule has 0 unspecified atom stereocenters. The Morgan fingerprint density at radius 3 is 2.22 bits per heavy atom. The Hall–Kier alpha value is -2.82. The third-order valence-corrected chi connectivity index (χ3v) is 9.18. The smallest absolute Gasteiger partial charge is 0.207 e. The van der Waals surface area contributed by atoms with E-state index < -0.39 is 18.1 Å². The fourth-order valence-electron chi connectivity index (χ4n) is 4.42. The maximum atomic E-state index is 13.4. The molecular weight excluding hydrogens is 480 g/mol. The normalized spacial score (nSPS) is 15.2. The Balaban J connectivity index is 1.87. The topological polar surface area (TPSA) is 61.2 Å². The van der Waals surface area contributed by atoms with Crippen LogP contribution in [0, 0.1) is 47.0 Å². The van der Waals surface area contributed by atoms with Gasteiger partial charge in [-0.3, -0.25) is 0 Å². The molecule has 0 bridgehead atoms. The molecule has 3 rings (SSSR count). The van der Waals surface area contributed by atoms with Gasteiger partial charge in [-0.25, -0.2) is 8.42 Å². The van der Waals surface area contributed by atoms with Crippen LogP contribution in [0.3, 0.4) is 0 Å².